The summed E-state index contributed by atoms with van der Waals surface area (Å²) in [4.78, 5) is 11.6. The van der Waals surface area contributed by atoms with E-state index in [-0.39, 0.29) is 12.1 Å². The average Bonchev–Trinajstić information content (AvgIpc) is 2.29. The molecule has 0 aliphatic rings. The van der Waals surface area contributed by atoms with Crippen molar-refractivity contribution in [1.82, 2.24) is 5.32 Å². The summed E-state index contributed by atoms with van der Waals surface area (Å²) in [5.74, 6) is 1.18. The van der Waals surface area contributed by atoms with Crippen molar-refractivity contribution in [2.45, 2.75) is 39.7 Å². The minimum Gasteiger partial charge on any atom is -0.410 e. The van der Waals surface area contributed by atoms with Crippen molar-refractivity contribution in [2.75, 3.05) is 0 Å². The molecular weight excluding hydrogens is 214 g/mol. The number of carbonyl (C=O) groups excluding carboxylic acids is 1. The molecule has 1 amide bonds. The third-order valence-electron chi connectivity index (χ3n) is 2.77. The van der Waals surface area contributed by atoms with E-state index in [1.54, 1.807) is 12.1 Å². The number of ether oxygens (including phenoxy) is 1. The van der Waals surface area contributed by atoms with Gasteiger partial charge in [0.15, 0.2) is 0 Å². The summed E-state index contributed by atoms with van der Waals surface area (Å²) in [5, 5.41) is 2.83. The number of hydrogen-bond donors (Lipinski definition) is 1. The Kier molecular flexibility index (Phi) is 5.53. The first-order chi connectivity index (χ1) is 8.11. The van der Waals surface area contributed by atoms with E-state index in [1.165, 1.54) is 0 Å². The number of nitrogens with one attached hydrogen (secondary N) is 1. The molecule has 1 aromatic rings. The largest absolute Gasteiger partial charge is 0.412 e. The monoisotopic (exact) mass is 235 g/mol. The van der Waals surface area contributed by atoms with Gasteiger partial charge in [-0.15, -0.1) is 0 Å². The van der Waals surface area contributed by atoms with Crippen LogP contribution in [0.4, 0.5) is 4.79 Å². The highest BCUT2D eigenvalue weighted by atomic mass is 16.6. The van der Waals surface area contributed by atoms with Crippen LogP contribution in [0.5, 0.6) is 5.75 Å². The van der Waals surface area contributed by atoms with Crippen molar-refractivity contribution in [1.29, 1.82) is 0 Å². The standard InChI is InChI=1S/C14H21NO2/c1-4-11(2)10-12(3)15-14(16)17-13-8-6-5-7-9-13/h5-9,11-12H,4,10H2,1-3H3,(H,15,16). The summed E-state index contributed by atoms with van der Waals surface area (Å²) >= 11 is 0. The molecule has 1 aromatic carbocycles. The van der Waals surface area contributed by atoms with Crippen LogP contribution in [-0.2, 0) is 0 Å². The van der Waals surface area contributed by atoms with E-state index in [0.717, 1.165) is 12.8 Å². The summed E-state index contributed by atoms with van der Waals surface area (Å²) in [7, 11) is 0. The van der Waals surface area contributed by atoms with Crippen LogP contribution < -0.4 is 10.1 Å². The van der Waals surface area contributed by atoms with Gasteiger partial charge in [-0.1, -0.05) is 38.5 Å². The molecule has 2 unspecified atom stereocenters. The number of rotatable bonds is 5. The first kappa shape index (κ1) is 13.6. The van der Waals surface area contributed by atoms with Crippen molar-refractivity contribution in [2.24, 2.45) is 5.92 Å². The SMILES string of the molecule is CCC(C)CC(C)NC(=O)Oc1ccccc1. The molecule has 0 aliphatic carbocycles. The molecule has 1 rings (SSSR count). The lowest BCUT2D eigenvalue weighted by atomic mass is 10.0. The molecule has 1 N–H and O–H groups in total. The lowest BCUT2D eigenvalue weighted by Crippen LogP contribution is -2.35. The molecule has 0 radical (unpaired) electrons. The topological polar surface area (TPSA) is 38.3 Å². The van der Waals surface area contributed by atoms with Gasteiger partial charge in [-0.25, -0.2) is 4.79 Å². The van der Waals surface area contributed by atoms with Gasteiger partial charge in [0.25, 0.3) is 0 Å². The molecule has 0 heterocycles. The van der Waals surface area contributed by atoms with Crippen LogP contribution in [-0.4, -0.2) is 12.1 Å². The van der Waals surface area contributed by atoms with Gasteiger partial charge in [0.2, 0.25) is 0 Å². The molecule has 2 atom stereocenters. The molecule has 17 heavy (non-hydrogen) atoms. The van der Waals surface area contributed by atoms with Crippen molar-refractivity contribution >= 4 is 6.09 Å². The van der Waals surface area contributed by atoms with E-state index in [4.69, 9.17) is 4.74 Å². The van der Waals surface area contributed by atoms with Crippen LogP contribution in [0.25, 0.3) is 0 Å². The predicted molar refractivity (Wildman–Crippen MR) is 69.1 cm³/mol. The van der Waals surface area contributed by atoms with Gasteiger partial charge in [-0.05, 0) is 31.4 Å². The maximum absolute atomic E-state index is 11.6. The smallest absolute Gasteiger partial charge is 0.410 e. The Morgan fingerprint density at radius 3 is 2.53 bits per heavy atom. The predicted octanol–water partition coefficient (Wildman–Crippen LogP) is 3.60. The maximum Gasteiger partial charge on any atom is 0.412 e. The highest BCUT2D eigenvalue weighted by molar-refractivity contribution is 5.70. The second-order valence-electron chi connectivity index (χ2n) is 4.50. The molecule has 3 heteroatoms. The first-order valence-corrected chi connectivity index (χ1v) is 6.15. The molecule has 0 spiro atoms. The van der Waals surface area contributed by atoms with Crippen molar-refractivity contribution in [3.63, 3.8) is 0 Å². The fourth-order valence-corrected chi connectivity index (χ4v) is 1.66. The van der Waals surface area contributed by atoms with Crippen LogP contribution in [0.3, 0.4) is 0 Å². The fourth-order valence-electron chi connectivity index (χ4n) is 1.66. The molecule has 0 saturated heterocycles. The van der Waals surface area contributed by atoms with E-state index < -0.39 is 0 Å². The van der Waals surface area contributed by atoms with Crippen LogP contribution >= 0.6 is 0 Å². The van der Waals surface area contributed by atoms with Gasteiger partial charge >= 0.3 is 6.09 Å². The van der Waals surface area contributed by atoms with Crippen LogP contribution in [0, 0.1) is 5.92 Å². The molecular formula is C14H21NO2. The molecule has 0 aromatic heterocycles. The molecule has 0 bridgehead atoms. The minimum absolute atomic E-state index is 0.140. The Morgan fingerprint density at radius 1 is 1.29 bits per heavy atom. The Labute approximate surface area is 103 Å². The highest BCUT2D eigenvalue weighted by Crippen LogP contribution is 2.11. The minimum atomic E-state index is -0.382. The highest BCUT2D eigenvalue weighted by Gasteiger charge is 2.11. The van der Waals surface area contributed by atoms with Crippen molar-refractivity contribution in [3.05, 3.63) is 30.3 Å². The zero-order valence-electron chi connectivity index (χ0n) is 10.8. The summed E-state index contributed by atoms with van der Waals surface area (Å²) in [6.45, 7) is 6.33. The Balaban J connectivity index is 2.34. The third-order valence-corrected chi connectivity index (χ3v) is 2.77. The van der Waals surface area contributed by atoms with E-state index in [0.29, 0.717) is 11.7 Å². The van der Waals surface area contributed by atoms with Gasteiger partial charge in [0.1, 0.15) is 5.75 Å². The average molecular weight is 235 g/mol. The van der Waals surface area contributed by atoms with E-state index in [9.17, 15) is 4.79 Å². The van der Waals surface area contributed by atoms with Crippen molar-refractivity contribution < 1.29 is 9.53 Å². The number of hydrogen-bond acceptors (Lipinski definition) is 2. The lowest BCUT2D eigenvalue weighted by Gasteiger charge is -2.17. The summed E-state index contributed by atoms with van der Waals surface area (Å²) in [6, 6.07) is 9.23. The zero-order chi connectivity index (χ0) is 12.7. The molecule has 3 nitrogen and oxygen atoms in total. The van der Waals surface area contributed by atoms with Gasteiger partial charge in [0.05, 0.1) is 0 Å². The van der Waals surface area contributed by atoms with Crippen LogP contribution in [0.2, 0.25) is 0 Å². The van der Waals surface area contributed by atoms with Gasteiger partial charge in [0, 0.05) is 6.04 Å². The summed E-state index contributed by atoms with van der Waals surface area (Å²) < 4.78 is 5.15. The molecule has 0 aliphatic heterocycles. The Morgan fingerprint density at radius 2 is 1.94 bits per heavy atom. The third kappa shape index (κ3) is 5.38. The quantitative estimate of drug-likeness (QED) is 0.846. The molecule has 0 fully saturated rings. The first-order valence-electron chi connectivity index (χ1n) is 6.15. The van der Waals surface area contributed by atoms with Gasteiger partial charge in [-0.3, -0.25) is 0 Å². The number of para-hydroxylation sites is 1. The molecule has 94 valence electrons. The second-order valence-corrected chi connectivity index (χ2v) is 4.50. The van der Waals surface area contributed by atoms with E-state index in [2.05, 4.69) is 19.2 Å². The van der Waals surface area contributed by atoms with E-state index in [1.807, 2.05) is 25.1 Å². The van der Waals surface area contributed by atoms with E-state index >= 15 is 0 Å². The maximum atomic E-state index is 11.6. The Hall–Kier alpha value is -1.51. The van der Waals surface area contributed by atoms with Gasteiger partial charge < -0.3 is 10.1 Å². The lowest BCUT2D eigenvalue weighted by molar-refractivity contribution is 0.195. The van der Waals surface area contributed by atoms with Crippen LogP contribution in [0.1, 0.15) is 33.6 Å². The van der Waals surface area contributed by atoms with Gasteiger partial charge in [-0.2, -0.15) is 0 Å². The van der Waals surface area contributed by atoms with Crippen LogP contribution in [0.15, 0.2) is 30.3 Å². The zero-order valence-corrected chi connectivity index (χ0v) is 10.8. The second kappa shape index (κ2) is 6.94. The number of amides is 1. The Bertz CT molecular complexity index is 337. The fraction of sp³-hybridized carbons (Fsp3) is 0.500. The number of carbonyl (C=O) groups is 1. The van der Waals surface area contributed by atoms with Crippen molar-refractivity contribution in [3.8, 4) is 5.75 Å². The normalized spacial score (nSPS) is 13.8. The molecule has 0 saturated carbocycles. The number of benzene rings is 1. The summed E-state index contributed by atoms with van der Waals surface area (Å²) in [6.07, 6.45) is 1.71. The summed E-state index contributed by atoms with van der Waals surface area (Å²) in [5.41, 5.74) is 0.